The molecule has 94 valence electrons. The highest BCUT2D eigenvalue weighted by atomic mass is 19.4. The number of aromatic nitrogens is 1. The third-order valence-electron chi connectivity index (χ3n) is 2.03. The maximum absolute atomic E-state index is 12.5. The van der Waals surface area contributed by atoms with Gasteiger partial charge >= 0.3 is 12.1 Å². The summed E-state index contributed by atoms with van der Waals surface area (Å²) in [6, 6.07) is 0.590. The van der Waals surface area contributed by atoms with Gasteiger partial charge in [0.2, 0.25) is 0 Å². The number of aliphatic carboxylic acids is 1. The Morgan fingerprint density at radius 3 is 2.41 bits per heavy atom. The van der Waals surface area contributed by atoms with Crippen LogP contribution in [-0.4, -0.2) is 32.4 Å². The molecule has 1 aromatic rings. The predicted molar refractivity (Wildman–Crippen MR) is 47.8 cm³/mol. The summed E-state index contributed by atoms with van der Waals surface area (Å²) in [5.41, 5.74) is -2.02. The van der Waals surface area contributed by atoms with Crippen molar-refractivity contribution in [3.05, 3.63) is 29.6 Å². The second-order valence-corrected chi connectivity index (χ2v) is 3.19. The molecule has 17 heavy (non-hydrogen) atoms. The van der Waals surface area contributed by atoms with Crippen molar-refractivity contribution >= 4 is 5.97 Å². The Morgan fingerprint density at radius 2 is 1.94 bits per heavy atom. The molecule has 1 rings (SSSR count). The van der Waals surface area contributed by atoms with Gasteiger partial charge in [-0.3, -0.25) is 4.98 Å². The monoisotopic (exact) mass is 251 g/mol. The molecule has 5 nitrogen and oxygen atoms in total. The van der Waals surface area contributed by atoms with E-state index in [1.165, 1.54) is 0 Å². The Kier molecular flexibility index (Phi) is 3.69. The second kappa shape index (κ2) is 4.68. The molecule has 0 saturated heterocycles. The fourth-order valence-corrected chi connectivity index (χ4v) is 1.21. The number of aliphatic hydroxyl groups is 2. The van der Waals surface area contributed by atoms with Crippen LogP contribution in [0, 0.1) is 0 Å². The number of carboxylic acid groups (broad SMARTS) is 1. The highest BCUT2D eigenvalue weighted by Crippen LogP contribution is 2.34. The molecule has 0 aliphatic rings. The van der Waals surface area contributed by atoms with Crippen LogP contribution < -0.4 is 0 Å². The van der Waals surface area contributed by atoms with Crippen LogP contribution in [-0.2, 0) is 11.0 Å². The largest absolute Gasteiger partial charge is 0.479 e. The van der Waals surface area contributed by atoms with Crippen molar-refractivity contribution in [2.24, 2.45) is 0 Å². The Labute approximate surface area is 93.2 Å². The summed E-state index contributed by atoms with van der Waals surface area (Å²) in [4.78, 5) is 13.7. The molecule has 0 amide bonds. The standard InChI is InChI=1S/C9H8F3NO4/c10-9(11,12)5-1-2-13-3-4(5)6(14)7(15)8(16)17/h1-3,6-7,14-15H,(H,16,17). The topological polar surface area (TPSA) is 90.7 Å². The average molecular weight is 251 g/mol. The van der Waals surface area contributed by atoms with E-state index in [4.69, 9.17) is 10.2 Å². The number of alkyl halides is 3. The molecule has 3 N–H and O–H groups in total. The van der Waals surface area contributed by atoms with Gasteiger partial charge in [0, 0.05) is 18.0 Å². The second-order valence-electron chi connectivity index (χ2n) is 3.19. The van der Waals surface area contributed by atoms with Crippen LogP contribution in [0.3, 0.4) is 0 Å². The van der Waals surface area contributed by atoms with E-state index in [-0.39, 0.29) is 0 Å². The minimum absolute atomic E-state index is 0.590. The number of halogens is 3. The van der Waals surface area contributed by atoms with E-state index in [1.807, 2.05) is 0 Å². The van der Waals surface area contributed by atoms with Crippen molar-refractivity contribution in [1.29, 1.82) is 0 Å². The van der Waals surface area contributed by atoms with Gasteiger partial charge in [-0.15, -0.1) is 0 Å². The van der Waals surface area contributed by atoms with Crippen LogP contribution in [0.4, 0.5) is 13.2 Å². The summed E-state index contributed by atoms with van der Waals surface area (Å²) < 4.78 is 37.5. The number of hydrogen-bond acceptors (Lipinski definition) is 4. The van der Waals surface area contributed by atoms with E-state index in [0.29, 0.717) is 12.3 Å². The van der Waals surface area contributed by atoms with Crippen molar-refractivity contribution in [2.45, 2.75) is 18.4 Å². The van der Waals surface area contributed by atoms with Crippen molar-refractivity contribution in [3.8, 4) is 0 Å². The Bertz CT molecular complexity index is 421. The summed E-state index contributed by atoms with van der Waals surface area (Å²) in [6.45, 7) is 0. The third kappa shape index (κ3) is 2.92. The third-order valence-corrected chi connectivity index (χ3v) is 2.03. The van der Waals surface area contributed by atoms with Crippen LogP contribution in [0.25, 0.3) is 0 Å². The van der Waals surface area contributed by atoms with E-state index in [2.05, 4.69) is 4.98 Å². The Hall–Kier alpha value is -1.67. The molecule has 0 aliphatic heterocycles. The van der Waals surface area contributed by atoms with Crippen LogP contribution in [0.15, 0.2) is 18.5 Å². The number of nitrogens with zero attached hydrogens (tertiary/aromatic N) is 1. The first-order valence-electron chi connectivity index (χ1n) is 4.35. The van der Waals surface area contributed by atoms with Gasteiger partial charge in [-0.05, 0) is 6.07 Å². The van der Waals surface area contributed by atoms with Crippen molar-refractivity contribution in [2.75, 3.05) is 0 Å². The minimum Gasteiger partial charge on any atom is -0.479 e. The highest BCUT2D eigenvalue weighted by molar-refractivity contribution is 5.73. The molecule has 0 aliphatic carbocycles. The normalized spacial score (nSPS) is 15.4. The molecular weight excluding hydrogens is 243 g/mol. The fraction of sp³-hybridized carbons (Fsp3) is 0.333. The molecule has 0 saturated carbocycles. The molecule has 2 unspecified atom stereocenters. The number of aliphatic hydroxyl groups excluding tert-OH is 2. The smallest absolute Gasteiger partial charge is 0.416 e. The van der Waals surface area contributed by atoms with Crippen molar-refractivity contribution in [1.82, 2.24) is 4.98 Å². The van der Waals surface area contributed by atoms with Crippen molar-refractivity contribution < 1.29 is 33.3 Å². The lowest BCUT2D eigenvalue weighted by Gasteiger charge is -2.18. The van der Waals surface area contributed by atoms with Gasteiger partial charge in [0.05, 0.1) is 5.56 Å². The van der Waals surface area contributed by atoms with Gasteiger partial charge in [-0.25, -0.2) is 4.79 Å². The molecule has 0 radical (unpaired) electrons. The first-order chi connectivity index (χ1) is 7.75. The lowest BCUT2D eigenvalue weighted by Crippen LogP contribution is -2.29. The molecule has 2 atom stereocenters. The van der Waals surface area contributed by atoms with Crippen LogP contribution in [0.1, 0.15) is 17.2 Å². The van der Waals surface area contributed by atoms with Gasteiger partial charge in [0.15, 0.2) is 6.10 Å². The van der Waals surface area contributed by atoms with Crippen LogP contribution in [0.5, 0.6) is 0 Å². The quantitative estimate of drug-likeness (QED) is 0.731. The zero-order valence-corrected chi connectivity index (χ0v) is 8.22. The molecule has 0 spiro atoms. The molecule has 1 aromatic heterocycles. The first kappa shape index (κ1) is 13.4. The molecule has 0 fully saturated rings. The lowest BCUT2D eigenvalue weighted by molar-refractivity contribution is -0.155. The fourth-order valence-electron chi connectivity index (χ4n) is 1.21. The summed E-state index contributed by atoms with van der Waals surface area (Å²) in [5, 5.41) is 26.7. The van der Waals surface area contributed by atoms with Gasteiger partial charge in [0.25, 0.3) is 0 Å². The average Bonchev–Trinajstić information content (AvgIpc) is 2.25. The summed E-state index contributed by atoms with van der Waals surface area (Å²) >= 11 is 0. The SMILES string of the molecule is O=C(O)C(O)C(O)c1cnccc1C(F)(F)F. The lowest BCUT2D eigenvalue weighted by atomic mass is 10.0. The Balaban J connectivity index is 3.18. The molecule has 0 aromatic carbocycles. The maximum Gasteiger partial charge on any atom is 0.416 e. The van der Waals surface area contributed by atoms with Crippen LogP contribution in [0.2, 0.25) is 0 Å². The maximum atomic E-state index is 12.5. The predicted octanol–water partition coefficient (Wildman–Crippen LogP) is 0.579. The molecular formula is C9H8F3NO4. The van der Waals surface area contributed by atoms with Crippen LogP contribution >= 0.6 is 0 Å². The first-order valence-corrected chi connectivity index (χ1v) is 4.35. The highest BCUT2D eigenvalue weighted by Gasteiger charge is 2.37. The van der Waals surface area contributed by atoms with Gasteiger partial charge in [-0.1, -0.05) is 0 Å². The minimum atomic E-state index is -4.77. The number of rotatable bonds is 3. The van der Waals surface area contributed by atoms with E-state index in [1.54, 1.807) is 0 Å². The summed E-state index contributed by atoms with van der Waals surface area (Å²) in [7, 11) is 0. The van der Waals surface area contributed by atoms with Crippen molar-refractivity contribution in [3.63, 3.8) is 0 Å². The number of carbonyl (C=O) groups is 1. The van der Waals surface area contributed by atoms with Gasteiger partial charge in [-0.2, -0.15) is 13.2 Å². The summed E-state index contributed by atoms with van der Waals surface area (Å²) in [5.74, 6) is -1.82. The van der Waals surface area contributed by atoms with Gasteiger partial charge < -0.3 is 15.3 Å². The summed E-state index contributed by atoms with van der Waals surface area (Å²) in [6.07, 6.45) is -7.79. The molecule has 8 heteroatoms. The molecule has 0 bridgehead atoms. The number of hydrogen-bond donors (Lipinski definition) is 3. The zero-order chi connectivity index (χ0) is 13.2. The zero-order valence-electron chi connectivity index (χ0n) is 8.22. The molecule has 1 heterocycles. The van der Waals surface area contributed by atoms with E-state index >= 15 is 0 Å². The number of pyridine rings is 1. The van der Waals surface area contributed by atoms with E-state index in [9.17, 15) is 23.1 Å². The van der Waals surface area contributed by atoms with E-state index < -0.39 is 35.5 Å². The Morgan fingerprint density at radius 1 is 1.35 bits per heavy atom. The van der Waals surface area contributed by atoms with E-state index in [0.717, 1.165) is 6.20 Å². The number of carboxylic acids is 1. The van der Waals surface area contributed by atoms with Gasteiger partial charge in [0.1, 0.15) is 6.10 Å².